The molecule has 1 aliphatic carbocycles. The second-order valence-electron chi connectivity index (χ2n) is 5.15. The molecule has 0 fully saturated rings. The molecule has 20 heavy (non-hydrogen) atoms. The molecule has 0 aromatic heterocycles. The number of hydrogen-bond donors (Lipinski definition) is 1. The molecule has 0 radical (unpaired) electrons. The summed E-state index contributed by atoms with van der Waals surface area (Å²) in [5, 5.41) is 0. The Balaban J connectivity index is 1.83. The van der Waals surface area contributed by atoms with Crippen LogP contribution in [0.2, 0.25) is 0 Å². The van der Waals surface area contributed by atoms with Crippen molar-refractivity contribution in [3.05, 3.63) is 63.6 Å². The van der Waals surface area contributed by atoms with Gasteiger partial charge in [-0.15, -0.1) is 0 Å². The number of aryl methyl sites for hydroxylation is 2. The molecule has 1 unspecified atom stereocenters. The molecule has 1 aliphatic rings. The molecule has 1 atom stereocenters. The lowest BCUT2D eigenvalue weighted by molar-refractivity contribution is 0.213. The van der Waals surface area contributed by atoms with Gasteiger partial charge in [-0.3, -0.25) is 0 Å². The monoisotopic (exact) mass is 331 g/mol. The van der Waals surface area contributed by atoms with Gasteiger partial charge in [0.15, 0.2) is 0 Å². The third kappa shape index (κ3) is 2.74. The summed E-state index contributed by atoms with van der Waals surface area (Å²) >= 11 is 3.57. The Morgan fingerprint density at radius 1 is 1.10 bits per heavy atom. The van der Waals surface area contributed by atoms with Crippen molar-refractivity contribution in [3.63, 3.8) is 0 Å². The largest absolute Gasteiger partial charge is 0.484 e. The van der Waals surface area contributed by atoms with Gasteiger partial charge >= 0.3 is 0 Å². The van der Waals surface area contributed by atoms with Crippen LogP contribution in [-0.2, 0) is 12.8 Å². The molecule has 0 amide bonds. The Hall–Kier alpha value is -1.32. The highest BCUT2D eigenvalue weighted by Crippen LogP contribution is 2.30. The Kier molecular flexibility index (Phi) is 4.08. The molecule has 0 bridgehead atoms. The molecule has 3 rings (SSSR count). The highest BCUT2D eigenvalue weighted by Gasteiger charge is 2.16. The minimum Gasteiger partial charge on any atom is -0.484 e. The fraction of sp³-hybridized carbons (Fsp3) is 0.294. The van der Waals surface area contributed by atoms with Crippen LogP contribution in [-0.4, -0.2) is 6.54 Å². The second-order valence-corrected chi connectivity index (χ2v) is 6.00. The first-order valence-corrected chi connectivity index (χ1v) is 7.80. The molecule has 0 heterocycles. The minimum absolute atomic E-state index is 0.120. The normalized spacial score (nSPS) is 14.9. The molecular weight excluding hydrogens is 314 g/mol. The third-order valence-corrected chi connectivity index (χ3v) is 4.54. The van der Waals surface area contributed by atoms with Crippen LogP contribution < -0.4 is 10.5 Å². The van der Waals surface area contributed by atoms with Crippen LogP contribution in [0, 0.1) is 0 Å². The van der Waals surface area contributed by atoms with Crippen molar-refractivity contribution >= 4 is 15.9 Å². The van der Waals surface area contributed by atoms with Crippen LogP contribution in [0.4, 0.5) is 0 Å². The first-order chi connectivity index (χ1) is 9.78. The average molecular weight is 332 g/mol. The van der Waals surface area contributed by atoms with Crippen molar-refractivity contribution in [1.82, 2.24) is 0 Å². The van der Waals surface area contributed by atoms with Gasteiger partial charge in [-0.1, -0.05) is 40.2 Å². The number of ether oxygens (including phenoxy) is 1. The molecule has 0 saturated heterocycles. The zero-order valence-electron chi connectivity index (χ0n) is 11.3. The van der Waals surface area contributed by atoms with E-state index in [9.17, 15) is 0 Å². The van der Waals surface area contributed by atoms with Crippen LogP contribution >= 0.6 is 15.9 Å². The van der Waals surface area contributed by atoms with E-state index < -0.39 is 0 Å². The van der Waals surface area contributed by atoms with E-state index in [1.807, 2.05) is 18.2 Å². The summed E-state index contributed by atoms with van der Waals surface area (Å²) in [5.41, 5.74) is 9.86. The maximum atomic E-state index is 6.10. The SMILES string of the molecule is NCC(Oc1ccc2c(c1)CCC2)c1ccccc1Br. The van der Waals surface area contributed by atoms with Gasteiger partial charge in [-0.25, -0.2) is 0 Å². The lowest BCUT2D eigenvalue weighted by Gasteiger charge is -2.19. The fourth-order valence-corrected chi connectivity index (χ4v) is 3.30. The van der Waals surface area contributed by atoms with Crippen LogP contribution in [0.3, 0.4) is 0 Å². The predicted molar refractivity (Wildman–Crippen MR) is 85.0 cm³/mol. The zero-order chi connectivity index (χ0) is 13.9. The van der Waals surface area contributed by atoms with Gasteiger partial charge in [0.25, 0.3) is 0 Å². The summed E-state index contributed by atoms with van der Waals surface area (Å²) in [7, 11) is 0. The van der Waals surface area contributed by atoms with E-state index in [1.54, 1.807) is 0 Å². The number of hydrogen-bond acceptors (Lipinski definition) is 2. The fourth-order valence-electron chi connectivity index (χ4n) is 2.76. The highest BCUT2D eigenvalue weighted by molar-refractivity contribution is 9.10. The summed E-state index contributed by atoms with van der Waals surface area (Å²) in [4.78, 5) is 0. The molecule has 2 aromatic carbocycles. The van der Waals surface area contributed by atoms with Crippen molar-refractivity contribution < 1.29 is 4.74 Å². The van der Waals surface area contributed by atoms with Crippen molar-refractivity contribution in [2.45, 2.75) is 25.4 Å². The van der Waals surface area contributed by atoms with E-state index in [4.69, 9.17) is 10.5 Å². The summed E-state index contributed by atoms with van der Waals surface area (Å²) in [6.07, 6.45) is 3.49. The smallest absolute Gasteiger partial charge is 0.137 e. The van der Waals surface area contributed by atoms with E-state index in [0.29, 0.717) is 6.54 Å². The Labute approximate surface area is 128 Å². The lowest BCUT2D eigenvalue weighted by Crippen LogP contribution is -2.19. The van der Waals surface area contributed by atoms with E-state index in [-0.39, 0.29) is 6.10 Å². The van der Waals surface area contributed by atoms with E-state index in [1.165, 1.54) is 24.0 Å². The second kappa shape index (κ2) is 5.98. The molecular formula is C17H18BrNO. The van der Waals surface area contributed by atoms with Gasteiger partial charge < -0.3 is 10.5 Å². The molecule has 0 aliphatic heterocycles. The van der Waals surface area contributed by atoms with Gasteiger partial charge in [0.1, 0.15) is 11.9 Å². The molecule has 0 spiro atoms. The van der Waals surface area contributed by atoms with E-state index in [0.717, 1.165) is 22.2 Å². The Morgan fingerprint density at radius 3 is 2.70 bits per heavy atom. The minimum atomic E-state index is -0.120. The van der Waals surface area contributed by atoms with Crippen molar-refractivity contribution in [3.8, 4) is 5.75 Å². The lowest BCUT2D eigenvalue weighted by atomic mass is 10.1. The standard InChI is InChI=1S/C17H18BrNO/c18-16-7-2-1-6-15(16)17(11-19)20-14-9-8-12-4-3-5-13(12)10-14/h1-2,6-10,17H,3-5,11,19H2. The summed E-state index contributed by atoms with van der Waals surface area (Å²) in [6.45, 7) is 0.458. The molecule has 3 heteroatoms. The molecule has 0 saturated carbocycles. The predicted octanol–water partition coefficient (Wildman–Crippen LogP) is 4.02. The van der Waals surface area contributed by atoms with Crippen LogP contribution in [0.15, 0.2) is 46.9 Å². The number of halogens is 1. The zero-order valence-corrected chi connectivity index (χ0v) is 12.9. The van der Waals surface area contributed by atoms with Gasteiger partial charge in [-0.05, 0) is 48.6 Å². The van der Waals surface area contributed by atoms with Crippen LogP contribution in [0.25, 0.3) is 0 Å². The summed E-state index contributed by atoms with van der Waals surface area (Å²) in [6, 6.07) is 14.5. The van der Waals surface area contributed by atoms with E-state index >= 15 is 0 Å². The summed E-state index contributed by atoms with van der Waals surface area (Å²) < 4.78 is 7.14. The topological polar surface area (TPSA) is 35.2 Å². The first-order valence-electron chi connectivity index (χ1n) is 7.01. The van der Waals surface area contributed by atoms with Gasteiger partial charge in [0.2, 0.25) is 0 Å². The maximum absolute atomic E-state index is 6.10. The number of nitrogens with two attached hydrogens (primary N) is 1. The number of benzene rings is 2. The maximum Gasteiger partial charge on any atom is 0.137 e. The third-order valence-electron chi connectivity index (χ3n) is 3.81. The Morgan fingerprint density at radius 2 is 1.90 bits per heavy atom. The first kappa shape index (κ1) is 13.7. The molecule has 2 nitrogen and oxygen atoms in total. The van der Waals surface area contributed by atoms with Gasteiger partial charge in [-0.2, -0.15) is 0 Å². The number of fused-ring (bicyclic) bond motifs is 1. The molecule has 2 aromatic rings. The van der Waals surface area contributed by atoms with Gasteiger partial charge in [0, 0.05) is 16.6 Å². The van der Waals surface area contributed by atoms with E-state index in [2.05, 4.69) is 40.2 Å². The highest BCUT2D eigenvalue weighted by atomic mass is 79.9. The quantitative estimate of drug-likeness (QED) is 0.918. The van der Waals surface area contributed by atoms with Crippen molar-refractivity contribution in [2.24, 2.45) is 5.73 Å². The summed E-state index contributed by atoms with van der Waals surface area (Å²) in [5.74, 6) is 0.914. The number of rotatable bonds is 4. The van der Waals surface area contributed by atoms with Crippen LogP contribution in [0.5, 0.6) is 5.75 Å². The van der Waals surface area contributed by atoms with Gasteiger partial charge in [0.05, 0.1) is 0 Å². The Bertz CT molecular complexity index is 612. The van der Waals surface area contributed by atoms with Crippen LogP contribution in [0.1, 0.15) is 29.2 Å². The molecule has 2 N–H and O–H groups in total. The molecule has 104 valence electrons. The van der Waals surface area contributed by atoms with Crippen molar-refractivity contribution in [1.29, 1.82) is 0 Å². The van der Waals surface area contributed by atoms with Crippen molar-refractivity contribution in [2.75, 3.05) is 6.54 Å². The average Bonchev–Trinajstić information content (AvgIpc) is 2.93.